The van der Waals surface area contributed by atoms with Gasteiger partial charge in [-0.1, -0.05) is 5.16 Å². The summed E-state index contributed by atoms with van der Waals surface area (Å²) in [5.74, 6) is 0.888. The summed E-state index contributed by atoms with van der Waals surface area (Å²) in [6.45, 7) is 4.93. The minimum atomic E-state index is -0.593. The molecule has 114 valence electrons. The van der Waals surface area contributed by atoms with Crippen LogP contribution in [0.5, 0.6) is 0 Å². The summed E-state index contributed by atoms with van der Waals surface area (Å²) in [5.41, 5.74) is 5.12. The number of rotatable bonds is 6. The molecule has 0 aromatic carbocycles. The third kappa shape index (κ3) is 3.39. The number of amidine groups is 1. The predicted octanol–water partition coefficient (Wildman–Crippen LogP) is 1.71. The molecule has 2 rings (SSSR count). The SMILES string of the molecule is CC(C)N(CC1CC1)c1ccc([N+](=O)[O-])c(/C(N)=N/O)n1. The van der Waals surface area contributed by atoms with E-state index in [1.54, 1.807) is 6.07 Å². The average Bonchev–Trinajstić information content (AvgIpc) is 3.26. The molecule has 1 aliphatic rings. The molecule has 0 spiro atoms. The normalized spacial score (nSPS) is 15.3. The maximum atomic E-state index is 11.0. The molecule has 8 nitrogen and oxygen atoms in total. The minimum absolute atomic E-state index is 0.110. The zero-order chi connectivity index (χ0) is 15.6. The van der Waals surface area contributed by atoms with Gasteiger partial charge in [0.15, 0.2) is 11.5 Å². The van der Waals surface area contributed by atoms with Crippen LogP contribution in [0.1, 0.15) is 32.4 Å². The molecule has 3 N–H and O–H groups in total. The Morgan fingerprint density at radius 1 is 1.62 bits per heavy atom. The number of anilines is 1. The fourth-order valence-corrected chi connectivity index (χ4v) is 2.13. The number of pyridine rings is 1. The summed E-state index contributed by atoms with van der Waals surface area (Å²) < 4.78 is 0. The lowest BCUT2D eigenvalue weighted by Gasteiger charge is -2.28. The number of nitrogens with two attached hydrogens (primary N) is 1. The first-order valence-electron chi connectivity index (χ1n) is 6.84. The molecular weight excluding hydrogens is 274 g/mol. The Balaban J connectivity index is 2.41. The van der Waals surface area contributed by atoms with Crippen LogP contribution in [0.4, 0.5) is 11.5 Å². The Kier molecular flexibility index (Phi) is 4.25. The first-order valence-corrected chi connectivity index (χ1v) is 6.84. The van der Waals surface area contributed by atoms with E-state index in [-0.39, 0.29) is 23.3 Å². The van der Waals surface area contributed by atoms with Crippen molar-refractivity contribution in [1.29, 1.82) is 0 Å². The highest BCUT2D eigenvalue weighted by atomic mass is 16.6. The monoisotopic (exact) mass is 293 g/mol. The van der Waals surface area contributed by atoms with E-state index in [1.165, 1.54) is 18.9 Å². The summed E-state index contributed by atoms with van der Waals surface area (Å²) in [6.07, 6.45) is 2.40. The Morgan fingerprint density at radius 2 is 2.29 bits per heavy atom. The number of hydrogen-bond acceptors (Lipinski definition) is 6. The van der Waals surface area contributed by atoms with Gasteiger partial charge in [-0.05, 0) is 38.7 Å². The van der Waals surface area contributed by atoms with E-state index >= 15 is 0 Å². The minimum Gasteiger partial charge on any atom is -0.409 e. The van der Waals surface area contributed by atoms with E-state index in [1.807, 2.05) is 13.8 Å². The fraction of sp³-hybridized carbons (Fsp3) is 0.538. The van der Waals surface area contributed by atoms with Crippen molar-refractivity contribution in [2.45, 2.75) is 32.7 Å². The van der Waals surface area contributed by atoms with Crippen LogP contribution in [0.3, 0.4) is 0 Å². The maximum absolute atomic E-state index is 11.0. The summed E-state index contributed by atoms with van der Waals surface area (Å²) in [6, 6.07) is 3.16. The second kappa shape index (κ2) is 5.94. The highest BCUT2D eigenvalue weighted by Crippen LogP contribution is 2.32. The molecule has 1 aliphatic carbocycles. The van der Waals surface area contributed by atoms with Crippen molar-refractivity contribution >= 4 is 17.3 Å². The van der Waals surface area contributed by atoms with E-state index < -0.39 is 4.92 Å². The lowest BCUT2D eigenvalue weighted by molar-refractivity contribution is -0.385. The zero-order valence-electron chi connectivity index (χ0n) is 12.1. The molecular formula is C13H19N5O3. The Morgan fingerprint density at radius 3 is 2.76 bits per heavy atom. The van der Waals surface area contributed by atoms with Crippen LogP contribution in [0, 0.1) is 16.0 Å². The molecule has 1 aromatic heterocycles. The second-order valence-corrected chi connectivity index (χ2v) is 5.47. The summed E-state index contributed by atoms with van der Waals surface area (Å²) in [7, 11) is 0. The molecule has 0 saturated heterocycles. The number of aromatic nitrogens is 1. The number of nitro groups is 1. The molecule has 1 heterocycles. The summed E-state index contributed by atoms with van der Waals surface area (Å²) in [5, 5.41) is 22.6. The van der Waals surface area contributed by atoms with E-state index in [9.17, 15) is 10.1 Å². The topological polar surface area (TPSA) is 118 Å². The second-order valence-electron chi connectivity index (χ2n) is 5.47. The predicted molar refractivity (Wildman–Crippen MR) is 78.6 cm³/mol. The Hall–Kier alpha value is -2.38. The molecule has 1 aromatic rings. The quantitative estimate of drug-likeness (QED) is 0.271. The third-order valence-electron chi connectivity index (χ3n) is 3.48. The molecule has 1 saturated carbocycles. The Bertz CT molecular complexity index is 569. The summed E-state index contributed by atoms with van der Waals surface area (Å²) >= 11 is 0. The largest absolute Gasteiger partial charge is 0.409 e. The van der Waals surface area contributed by atoms with Gasteiger partial charge in [0.25, 0.3) is 5.69 Å². The molecule has 0 bridgehead atoms. The van der Waals surface area contributed by atoms with Gasteiger partial charge in [-0.3, -0.25) is 10.1 Å². The highest BCUT2D eigenvalue weighted by Gasteiger charge is 2.28. The molecule has 0 amide bonds. The maximum Gasteiger partial charge on any atom is 0.298 e. The van der Waals surface area contributed by atoms with Gasteiger partial charge in [0.2, 0.25) is 0 Å². The zero-order valence-corrected chi connectivity index (χ0v) is 12.1. The van der Waals surface area contributed by atoms with Crippen LogP contribution in [-0.4, -0.2) is 33.5 Å². The average molecular weight is 293 g/mol. The van der Waals surface area contributed by atoms with E-state index in [4.69, 9.17) is 10.9 Å². The lowest BCUT2D eigenvalue weighted by Crippen LogP contribution is -2.34. The van der Waals surface area contributed by atoms with Crippen molar-refractivity contribution in [3.8, 4) is 0 Å². The van der Waals surface area contributed by atoms with Crippen molar-refractivity contribution in [1.82, 2.24) is 4.98 Å². The molecule has 8 heteroatoms. The van der Waals surface area contributed by atoms with Gasteiger partial charge in [-0.2, -0.15) is 0 Å². The van der Waals surface area contributed by atoms with Crippen LogP contribution in [0.15, 0.2) is 17.3 Å². The lowest BCUT2D eigenvalue weighted by atomic mass is 10.2. The van der Waals surface area contributed by atoms with Gasteiger partial charge in [-0.15, -0.1) is 0 Å². The van der Waals surface area contributed by atoms with Crippen LogP contribution < -0.4 is 10.6 Å². The van der Waals surface area contributed by atoms with Gasteiger partial charge < -0.3 is 15.8 Å². The van der Waals surface area contributed by atoms with Gasteiger partial charge >= 0.3 is 0 Å². The van der Waals surface area contributed by atoms with Crippen molar-refractivity contribution < 1.29 is 10.1 Å². The fourth-order valence-electron chi connectivity index (χ4n) is 2.13. The van der Waals surface area contributed by atoms with E-state index in [0.717, 1.165) is 6.54 Å². The Labute approximate surface area is 122 Å². The van der Waals surface area contributed by atoms with E-state index in [0.29, 0.717) is 11.7 Å². The van der Waals surface area contributed by atoms with Crippen molar-refractivity contribution in [3.05, 3.63) is 27.9 Å². The number of oxime groups is 1. The molecule has 21 heavy (non-hydrogen) atoms. The third-order valence-corrected chi connectivity index (χ3v) is 3.48. The molecule has 0 aliphatic heterocycles. The van der Waals surface area contributed by atoms with Gasteiger partial charge in [0, 0.05) is 18.7 Å². The first-order chi connectivity index (χ1) is 9.93. The van der Waals surface area contributed by atoms with Crippen LogP contribution in [-0.2, 0) is 0 Å². The molecule has 0 atom stereocenters. The van der Waals surface area contributed by atoms with Crippen LogP contribution in [0.2, 0.25) is 0 Å². The molecule has 0 radical (unpaired) electrons. The van der Waals surface area contributed by atoms with Gasteiger partial charge in [0.05, 0.1) is 4.92 Å². The van der Waals surface area contributed by atoms with Crippen LogP contribution in [0.25, 0.3) is 0 Å². The smallest absolute Gasteiger partial charge is 0.298 e. The summed E-state index contributed by atoms with van der Waals surface area (Å²) in [4.78, 5) is 16.7. The highest BCUT2D eigenvalue weighted by molar-refractivity contribution is 5.99. The number of hydrogen-bond donors (Lipinski definition) is 2. The number of nitrogens with zero attached hydrogens (tertiary/aromatic N) is 4. The van der Waals surface area contributed by atoms with E-state index in [2.05, 4.69) is 15.0 Å². The standard InChI is InChI=1S/C13H19N5O3/c1-8(2)17(7-9-3-4-9)11-6-5-10(18(20)21)12(15-11)13(14)16-19/h5-6,8-9,19H,3-4,7H2,1-2H3,(H2,14,16). The van der Waals surface area contributed by atoms with Gasteiger partial charge in [0.1, 0.15) is 5.82 Å². The van der Waals surface area contributed by atoms with Crippen LogP contribution >= 0.6 is 0 Å². The van der Waals surface area contributed by atoms with Crippen molar-refractivity contribution in [2.24, 2.45) is 16.8 Å². The molecule has 0 unspecified atom stereocenters. The van der Waals surface area contributed by atoms with Crippen molar-refractivity contribution in [3.63, 3.8) is 0 Å². The molecule has 1 fully saturated rings. The first kappa shape index (κ1) is 15.0. The van der Waals surface area contributed by atoms with Crippen molar-refractivity contribution in [2.75, 3.05) is 11.4 Å². The van der Waals surface area contributed by atoms with Gasteiger partial charge in [-0.25, -0.2) is 4.98 Å².